The lowest BCUT2D eigenvalue weighted by Gasteiger charge is -2.14. The van der Waals surface area contributed by atoms with E-state index in [2.05, 4.69) is 29.2 Å². The number of methoxy groups -OCH3 is 3. The maximum atomic E-state index is 5.47. The molecule has 10 nitrogen and oxygen atoms in total. The third-order valence-corrected chi connectivity index (χ3v) is 5.15. The first-order chi connectivity index (χ1) is 16.3. The van der Waals surface area contributed by atoms with Crippen molar-refractivity contribution < 1.29 is 14.2 Å². The molecule has 4 aromatic rings. The topological polar surface area (TPSA) is 101 Å². The molecule has 0 radical (unpaired) electrons. The van der Waals surface area contributed by atoms with Gasteiger partial charge in [-0.1, -0.05) is 5.57 Å². The molecule has 4 rings (SSSR count). The van der Waals surface area contributed by atoms with Crippen molar-refractivity contribution in [3.05, 3.63) is 42.3 Å². The number of imidazole rings is 1. The van der Waals surface area contributed by atoms with E-state index >= 15 is 0 Å². The molecular formula is C24H29N7O3. The molecule has 0 spiro atoms. The Morgan fingerprint density at radius 1 is 1.03 bits per heavy atom. The van der Waals surface area contributed by atoms with Crippen LogP contribution in [-0.2, 0) is 0 Å². The second-order valence-electron chi connectivity index (χ2n) is 8.25. The number of fused-ring (bicyclic) bond motifs is 1. The Morgan fingerprint density at radius 2 is 1.74 bits per heavy atom. The summed E-state index contributed by atoms with van der Waals surface area (Å²) in [6, 6.07) is 3.88. The first kappa shape index (κ1) is 23.1. The maximum absolute atomic E-state index is 5.47. The van der Waals surface area contributed by atoms with Crippen molar-refractivity contribution in [2.45, 2.75) is 33.7 Å². The zero-order chi connectivity index (χ0) is 24.4. The predicted molar refractivity (Wildman–Crippen MR) is 132 cm³/mol. The number of ether oxygens (including phenoxy) is 3. The zero-order valence-corrected chi connectivity index (χ0v) is 20.4. The lowest BCUT2D eigenvalue weighted by Crippen LogP contribution is -2.05. The van der Waals surface area contributed by atoms with E-state index in [1.807, 2.05) is 47.5 Å². The molecular weight excluding hydrogens is 434 g/mol. The Morgan fingerprint density at radius 3 is 2.32 bits per heavy atom. The van der Waals surface area contributed by atoms with Crippen molar-refractivity contribution >= 4 is 28.7 Å². The third kappa shape index (κ3) is 4.39. The van der Waals surface area contributed by atoms with Gasteiger partial charge in [0.25, 0.3) is 0 Å². The molecule has 3 heterocycles. The largest absolute Gasteiger partial charge is 0.493 e. The number of hydrogen-bond acceptors (Lipinski definition) is 8. The van der Waals surface area contributed by atoms with Crippen molar-refractivity contribution in [2.75, 3.05) is 26.6 Å². The first-order valence-corrected chi connectivity index (χ1v) is 10.9. The Hall–Kier alpha value is -4.08. The Labute approximate surface area is 198 Å². The van der Waals surface area contributed by atoms with Gasteiger partial charge in [0, 0.05) is 18.2 Å². The summed E-state index contributed by atoms with van der Waals surface area (Å²) in [6.07, 6.45) is 7.29. The van der Waals surface area contributed by atoms with Gasteiger partial charge in [0.05, 0.1) is 44.8 Å². The molecule has 0 saturated heterocycles. The van der Waals surface area contributed by atoms with Crippen LogP contribution in [0.15, 0.2) is 36.4 Å². The molecule has 0 fully saturated rings. The molecule has 34 heavy (non-hydrogen) atoms. The van der Waals surface area contributed by atoms with Gasteiger partial charge in [-0.15, -0.1) is 0 Å². The Bertz CT molecular complexity index is 1330. The predicted octanol–water partition coefficient (Wildman–Crippen LogP) is 4.79. The minimum atomic E-state index is 0.166. The molecule has 1 N–H and O–H groups in total. The van der Waals surface area contributed by atoms with Crippen LogP contribution < -0.4 is 19.5 Å². The second kappa shape index (κ2) is 9.42. The van der Waals surface area contributed by atoms with Crippen LogP contribution in [0.1, 0.15) is 39.6 Å². The maximum Gasteiger partial charge on any atom is 0.203 e. The van der Waals surface area contributed by atoms with Crippen LogP contribution in [0, 0.1) is 0 Å². The molecule has 10 heteroatoms. The molecule has 0 bridgehead atoms. The van der Waals surface area contributed by atoms with Crippen LogP contribution >= 0.6 is 0 Å². The summed E-state index contributed by atoms with van der Waals surface area (Å²) in [5.41, 5.74) is 2.68. The molecule has 3 aromatic heterocycles. The van der Waals surface area contributed by atoms with Crippen molar-refractivity contribution in [3.63, 3.8) is 0 Å². The molecule has 0 atom stereocenters. The van der Waals surface area contributed by atoms with E-state index < -0.39 is 0 Å². The van der Waals surface area contributed by atoms with Gasteiger partial charge in [-0.2, -0.15) is 5.10 Å². The molecule has 1 aromatic carbocycles. The van der Waals surface area contributed by atoms with Gasteiger partial charge in [-0.25, -0.2) is 19.6 Å². The van der Waals surface area contributed by atoms with Crippen LogP contribution in [0.3, 0.4) is 0 Å². The number of nitrogens with zero attached hydrogens (tertiary/aromatic N) is 6. The minimum absolute atomic E-state index is 0.166. The fraction of sp³-hybridized carbons (Fsp3) is 0.333. The quantitative estimate of drug-likeness (QED) is 0.398. The molecule has 0 amide bonds. The number of aromatic nitrogens is 6. The minimum Gasteiger partial charge on any atom is -0.493 e. The van der Waals surface area contributed by atoms with Crippen LogP contribution in [0.4, 0.5) is 11.6 Å². The van der Waals surface area contributed by atoms with Gasteiger partial charge in [-0.05, 0) is 33.8 Å². The average Bonchev–Trinajstić information content (AvgIpc) is 3.45. The van der Waals surface area contributed by atoms with Gasteiger partial charge >= 0.3 is 0 Å². The van der Waals surface area contributed by atoms with Crippen LogP contribution in [-0.4, -0.2) is 50.6 Å². The SMILES string of the molecule is COc1cc(-n2cnc(Nc3nc(C=C(C)C)nc4c3cnn4C(C)C)c2)cc(OC)c1OC. The highest BCUT2D eigenvalue weighted by molar-refractivity contribution is 5.88. The molecule has 0 aliphatic rings. The zero-order valence-electron chi connectivity index (χ0n) is 20.4. The third-order valence-electron chi connectivity index (χ3n) is 5.15. The molecule has 0 aliphatic carbocycles. The number of hydrogen-bond donors (Lipinski definition) is 1. The van der Waals surface area contributed by atoms with Crippen molar-refractivity contribution in [1.82, 2.24) is 29.3 Å². The van der Waals surface area contributed by atoms with Crippen LogP contribution in [0.25, 0.3) is 22.8 Å². The number of anilines is 2. The van der Waals surface area contributed by atoms with E-state index in [1.165, 1.54) is 0 Å². The summed E-state index contributed by atoms with van der Waals surface area (Å²) < 4.78 is 20.1. The normalized spacial score (nSPS) is 11.1. The summed E-state index contributed by atoms with van der Waals surface area (Å²) in [4.78, 5) is 13.9. The van der Waals surface area contributed by atoms with Crippen LogP contribution in [0.2, 0.25) is 0 Å². The summed E-state index contributed by atoms with van der Waals surface area (Å²) in [6.45, 7) is 8.17. The fourth-order valence-corrected chi connectivity index (χ4v) is 3.60. The summed E-state index contributed by atoms with van der Waals surface area (Å²) in [5, 5.41) is 8.66. The summed E-state index contributed by atoms with van der Waals surface area (Å²) >= 11 is 0. The smallest absolute Gasteiger partial charge is 0.203 e. The molecule has 178 valence electrons. The second-order valence-corrected chi connectivity index (χ2v) is 8.25. The summed E-state index contributed by atoms with van der Waals surface area (Å²) in [7, 11) is 4.75. The van der Waals surface area contributed by atoms with Gasteiger partial charge in [-0.3, -0.25) is 0 Å². The van der Waals surface area contributed by atoms with Crippen molar-refractivity contribution in [3.8, 4) is 22.9 Å². The lowest BCUT2D eigenvalue weighted by atomic mass is 10.2. The van der Waals surface area contributed by atoms with Gasteiger partial charge in [0.2, 0.25) is 5.75 Å². The van der Waals surface area contributed by atoms with E-state index in [0.29, 0.717) is 34.7 Å². The lowest BCUT2D eigenvalue weighted by molar-refractivity contribution is 0.324. The van der Waals surface area contributed by atoms with Crippen molar-refractivity contribution in [2.24, 2.45) is 0 Å². The van der Waals surface area contributed by atoms with Crippen LogP contribution in [0.5, 0.6) is 17.2 Å². The van der Waals surface area contributed by atoms with E-state index in [1.54, 1.807) is 33.9 Å². The highest BCUT2D eigenvalue weighted by atomic mass is 16.5. The monoisotopic (exact) mass is 463 g/mol. The average molecular weight is 464 g/mol. The van der Waals surface area contributed by atoms with E-state index in [9.17, 15) is 0 Å². The molecule has 0 unspecified atom stereocenters. The molecule has 0 aliphatic heterocycles. The van der Waals surface area contributed by atoms with E-state index in [-0.39, 0.29) is 6.04 Å². The Kier molecular flexibility index (Phi) is 6.40. The highest BCUT2D eigenvalue weighted by Crippen LogP contribution is 2.39. The summed E-state index contributed by atoms with van der Waals surface area (Å²) in [5.74, 6) is 3.52. The van der Waals surface area contributed by atoms with Crippen molar-refractivity contribution in [1.29, 1.82) is 0 Å². The number of nitrogens with one attached hydrogen (secondary N) is 1. The van der Waals surface area contributed by atoms with Gasteiger partial charge in [0.1, 0.15) is 18.0 Å². The molecule has 0 saturated carbocycles. The van der Waals surface area contributed by atoms with Gasteiger partial charge < -0.3 is 24.1 Å². The van der Waals surface area contributed by atoms with E-state index in [0.717, 1.165) is 22.3 Å². The number of benzene rings is 1. The Balaban J connectivity index is 1.74. The number of allylic oxidation sites excluding steroid dienone is 1. The van der Waals surface area contributed by atoms with Gasteiger partial charge in [0.15, 0.2) is 23.0 Å². The standard InChI is InChI=1S/C24H29N7O3/c1-14(2)8-20-27-23(17-11-26-31(15(3)4)24(17)29-20)28-21-12-30(13-25-21)16-9-18(32-5)22(34-7)19(10-16)33-6/h8-13,15H,1-7H3,(H,27,28,29). The number of rotatable bonds is 8. The highest BCUT2D eigenvalue weighted by Gasteiger charge is 2.17. The first-order valence-electron chi connectivity index (χ1n) is 10.9. The van der Waals surface area contributed by atoms with E-state index in [4.69, 9.17) is 24.2 Å². The fourth-order valence-electron chi connectivity index (χ4n) is 3.60.